The molecule has 1 aliphatic heterocycles. The van der Waals surface area contributed by atoms with Crippen LogP contribution in [0.2, 0.25) is 0 Å². The molecule has 3 rings (SSSR count). The first-order valence-electron chi connectivity index (χ1n) is 6.81. The van der Waals surface area contributed by atoms with Crippen LogP contribution >= 0.6 is 15.9 Å². The first-order valence-corrected chi connectivity index (χ1v) is 7.60. The Labute approximate surface area is 132 Å². The third-order valence-electron chi connectivity index (χ3n) is 3.88. The van der Waals surface area contributed by atoms with Gasteiger partial charge in [-0.25, -0.2) is 0 Å². The summed E-state index contributed by atoms with van der Waals surface area (Å²) in [6.07, 6.45) is 0. The van der Waals surface area contributed by atoms with Crippen LogP contribution in [0.15, 0.2) is 53.0 Å². The maximum absolute atomic E-state index is 12.6. The van der Waals surface area contributed by atoms with Crippen molar-refractivity contribution in [3.8, 4) is 0 Å². The number of carbonyl (C=O) groups excluding carboxylic acids is 1. The van der Waals surface area contributed by atoms with E-state index < -0.39 is 0 Å². The fourth-order valence-electron chi connectivity index (χ4n) is 2.63. The number of ketones is 1. The molecule has 0 aliphatic carbocycles. The molecule has 1 N–H and O–H groups in total. The summed E-state index contributed by atoms with van der Waals surface area (Å²) in [5, 5.41) is 8.27. The Bertz CT molecular complexity index is 709. The Kier molecular flexibility index (Phi) is 3.64. The highest BCUT2D eigenvalue weighted by molar-refractivity contribution is 9.10. The van der Waals surface area contributed by atoms with Crippen LogP contribution in [0.4, 0.5) is 0 Å². The number of rotatable bonds is 3. The Morgan fingerprint density at radius 3 is 2.52 bits per heavy atom. The second-order valence-electron chi connectivity index (χ2n) is 5.18. The molecule has 1 heterocycles. The molecule has 0 saturated carbocycles. The van der Waals surface area contributed by atoms with Crippen LogP contribution in [0.25, 0.3) is 0 Å². The Hall–Kier alpha value is -1.94. The molecule has 1 aliphatic rings. The predicted molar refractivity (Wildman–Crippen MR) is 86.7 cm³/mol. The van der Waals surface area contributed by atoms with Crippen molar-refractivity contribution in [3.05, 3.63) is 69.7 Å². The second kappa shape index (κ2) is 5.45. The summed E-state index contributed by atoms with van der Waals surface area (Å²) in [5.41, 5.74) is 2.71. The lowest BCUT2D eigenvalue weighted by Crippen LogP contribution is -2.39. The molecule has 1 atom stereocenters. The molecule has 0 spiro atoms. The van der Waals surface area contributed by atoms with Crippen molar-refractivity contribution >= 4 is 27.5 Å². The molecule has 0 amide bonds. The van der Waals surface area contributed by atoms with Gasteiger partial charge in [-0.2, -0.15) is 0 Å². The first kappa shape index (κ1) is 14.0. The van der Waals surface area contributed by atoms with E-state index in [-0.39, 0.29) is 11.8 Å². The van der Waals surface area contributed by atoms with Gasteiger partial charge in [-0.05, 0) is 24.6 Å². The minimum absolute atomic E-state index is 0.0417. The van der Waals surface area contributed by atoms with Gasteiger partial charge in [-0.15, -0.1) is 0 Å². The van der Waals surface area contributed by atoms with E-state index >= 15 is 0 Å². The summed E-state index contributed by atoms with van der Waals surface area (Å²) in [6.45, 7) is 2.49. The van der Waals surface area contributed by atoms with E-state index in [0.717, 1.165) is 15.6 Å². The summed E-state index contributed by atoms with van der Waals surface area (Å²) in [5.74, 6) is 0.476. The van der Waals surface area contributed by atoms with Gasteiger partial charge in [-0.1, -0.05) is 52.3 Å². The standard InChI is InChI=1S/C17H15BrN2O/c1-11(16(21)12-6-8-14(18)9-7-12)20-10-13-4-2-3-5-15(13)17(20)19/h2-9,11,19H,10H2,1H3/t11-/m0/s1. The first-order chi connectivity index (χ1) is 10.1. The number of hydrogen-bond acceptors (Lipinski definition) is 2. The third-order valence-corrected chi connectivity index (χ3v) is 4.40. The lowest BCUT2D eigenvalue weighted by atomic mass is 10.0. The summed E-state index contributed by atoms with van der Waals surface area (Å²) >= 11 is 3.37. The maximum Gasteiger partial charge on any atom is 0.184 e. The van der Waals surface area contributed by atoms with E-state index in [0.29, 0.717) is 17.9 Å². The maximum atomic E-state index is 12.6. The van der Waals surface area contributed by atoms with Crippen LogP contribution in [-0.4, -0.2) is 22.6 Å². The van der Waals surface area contributed by atoms with E-state index in [9.17, 15) is 4.79 Å². The van der Waals surface area contributed by atoms with E-state index in [1.165, 1.54) is 0 Å². The van der Waals surface area contributed by atoms with Crippen LogP contribution in [0.5, 0.6) is 0 Å². The number of benzene rings is 2. The van der Waals surface area contributed by atoms with E-state index in [4.69, 9.17) is 5.41 Å². The highest BCUT2D eigenvalue weighted by atomic mass is 79.9. The fourth-order valence-corrected chi connectivity index (χ4v) is 2.90. The zero-order chi connectivity index (χ0) is 15.0. The zero-order valence-corrected chi connectivity index (χ0v) is 13.2. The third kappa shape index (κ3) is 2.51. The van der Waals surface area contributed by atoms with Crippen LogP contribution in [-0.2, 0) is 6.54 Å². The smallest absolute Gasteiger partial charge is 0.184 e. The quantitative estimate of drug-likeness (QED) is 0.860. The van der Waals surface area contributed by atoms with Gasteiger partial charge in [0.05, 0.1) is 6.04 Å². The lowest BCUT2D eigenvalue weighted by Gasteiger charge is -2.25. The van der Waals surface area contributed by atoms with Crippen molar-refractivity contribution < 1.29 is 4.79 Å². The van der Waals surface area contributed by atoms with Crippen LogP contribution in [0, 0.1) is 5.41 Å². The van der Waals surface area contributed by atoms with Crippen LogP contribution in [0.3, 0.4) is 0 Å². The van der Waals surface area contributed by atoms with Crippen molar-refractivity contribution in [1.29, 1.82) is 5.41 Å². The SMILES string of the molecule is C[C@@H](C(=O)c1ccc(Br)cc1)N1Cc2ccccc2C1=N. The summed E-state index contributed by atoms with van der Waals surface area (Å²) in [7, 11) is 0. The molecule has 3 nitrogen and oxygen atoms in total. The number of amidine groups is 1. The molecule has 0 saturated heterocycles. The Morgan fingerprint density at radius 2 is 1.86 bits per heavy atom. The van der Waals surface area contributed by atoms with Crippen molar-refractivity contribution in [2.45, 2.75) is 19.5 Å². The zero-order valence-electron chi connectivity index (χ0n) is 11.6. The number of nitrogens with one attached hydrogen (secondary N) is 1. The Morgan fingerprint density at radius 1 is 1.19 bits per heavy atom. The van der Waals surface area contributed by atoms with Gasteiger partial charge in [0.2, 0.25) is 0 Å². The Balaban J connectivity index is 1.84. The van der Waals surface area contributed by atoms with Gasteiger partial charge >= 0.3 is 0 Å². The van der Waals surface area contributed by atoms with Crippen molar-refractivity contribution in [2.75, 3.05) is 0 Å². The number of hydrogen-bond donors (Lipinski definition) is 1. The molecular formula is C17H15BrN2O. The number of carbonyl (C=O) groups is 1. The summed E-state index contributed by atoms with van der Waals surface area (Å²) < 4.78 is 0.952. The van der Waals surface area contributed by atoms with Crippen LogP contribution < -0.4 is 0 Å². The van der Waals surface area contributed by atoms with Crippen molar-refractivity contribution in [2.24, 2.45) is 0 Å². The fraction of sp³-hybridized carbons (Fsp3) is 0.176. The highest BCUT2D eigenvalue weighted by Crippen LogP contribution is 2.25. The van der Waals surface area contributed by atoms with Gasteiger partial charge in [0, 0.05) is 22.1 Å². The molecule has 2 aromatic carbocycles. The highest BCUT2D eigenvalue weighted by Gasteiger charge is 2.31. The van der Waals surface area contributed by atoms with Crippen LogP contribution in [0.1, 0.15) is 28.4 Å². The average Bonchev–Trinajstić information content (AvgIpc) is 2.84. The normalized spacial score (nSPS) is 15.0. The minimum Gasteiger partial charge on any atom is -0.342 e. The molecule has 2 aromatic rings. The topological polar surface area (TPSA) is 44.2 Å². The summed E-state index contributed by atoms with van der Waals surface area (Å²) in [4.78, 5) is 14.4. The molecular weight excluding hydrogens is 328 g/mol. The molecule has 0 bridgehead atoms. The van der Waals surface area contributed by atoms with Gasteiger partial charge in [-0.3, -0.25) is 10.2 Å². The molecule has 4 heteroatoms. The predicted octanol–water partition coefficient (Wildman–Crippen LogP) is 3.86. The van der Waals surface area contributed by atoms with E-state index in [1.54, 1.807) is 0 Å². The molecule has 0 fully saturated rings. The monoisotopic (exact) mass is 342 g/mol. The number of fused-ring (bicyclic) bond motifs is 1. The van der Waals surface area contributed by atoms with Gasteiger partial charge < -0.3 is 4.90 Å². The number of halogens is 1. The molecule has 0 radical (unpaired) electrons. The number of Topliss-reactive ketones (excluding diaryl/α,β-unsaturated/α-hetero) is 1. The minimum atomic E-state index is -0.342. The van der Waals surface area contributed by atoms with Gasteiger partial charge in [0.15, 0.2) is 5.78 Å². The average molecular weight is 343 g/mol. The molecule has 0 aromatic heterocycles. The lowest BCUT2D eigenvalue weighted by molar-refractivity contribution is 0.0900. The van der Waals surface area contributed by atoms with E-state index in [2.05, 4.69) is 15.9 Å². The molecule has 0 unspecified atom stereocenters. The molecule has 21 heavy (non-hydrogen) atoms. The van der Waals surface area contributed by atoms with Gasteiger partial charge in [0.25, 0.3) is 0 Å². The second-order valence-corrected chi connectivity index (χ2v) is 6.10. The summed E-state index contributed by atoms with van der Waals surface area (Å²) in [6, 6.07) is 14.9. The number of nitrogens with zero attached hydrogens (tertiary/aromatic N) is 1. The van der Waals surface area contributed by atoms with Gasteiger partial charge in [0.1, 0.15) is 5.84 Å². The van der Waals surface area contributed by atoms with Crippen molar-refractivity contribution in [3.63, 3.8) is 0 Å². The van der Waals surface area contributed by atoms with Crippen molar-refractivity contribution in [1.82, 2.24) is 4.90 Å². The molecule has 106 valence electrons. The largest absolute Gasteiger partial charge is 0.342 e. The van der Waals surface area contributed by atoms with E-state index in [1.807, 2.05) is 60.4 Å².